The second-order valence-corrected chi connectivity index (χ2v) is 8.98. The molecule has 1 atom stereocenters. The molecule has 0 radical (unpaired) electrons. The van der Waals surface area contributed by atoms with Gasteiger partial charge in [-0.05, 0) is 49.9 Å². The molecule has 0 aliphatic heterocycles. The summed E-state index contributed by atoms with van der Waals surface area (Å²) in [5.41, 5.74) is 2.99. The zero-order valence-corrected chi connectivity index (χ0v) is 24.6. The van der Waals surface area contributed by atoms with Crippen LogP contribution in [-0.4, -0.2) is 28.7 Å². The Morgan fingerprint density at radius 2 is 1.87 bits per heavy atom. The van der Waals surface area contributed by atoms with E-state index in [2.05, 4.69) is 59.8 Å². The Morgan fingerprint density at radius 1 is 1.18 bits per heavy atom. The molecule has 3 rings (SSSR count). The minimum Gasteiger partial charge on any atom is -0.507 e. The zero-order chi connectivity index (χ0) is 29.5. The molecule has 2 aromatic heterocycles. The maximum Gasteiger partial charge on any atom is 0.410 e. The molecule has 2 N–H and O–H groups in total. The Hall–Kier alpha value is -3.81. The van der Waals surface area contributed by atoms with E-state index in [-0.39, 0.29) is 23.7 Å². The number of hydrogen-bond acceptors (Lipinski definition) is 6. The van der Waals surface area contributed by atoms with E-state index in [1.54, 1.807) is 13.0 Å². The first-order valence-electron chi connectivity index (χ1n) is 13.6. The number of carbonyl (C=O) groups excluding carboxylic acids is 2. The third-order valence-electron chi connectivity index (χ3n) is 6.19. The number of aromatic nitrogens is 1. The Bertz CT molecular complexity index is 1300. The van der Waals surface area contributed by atoms with Crippen molar-refractivity contribution in [1.82, 2.24) is 9.88 Å². The van der Waals surface area contributed by atoms with E-state index in [1.807, 2.05) is 20.8 Å². The molecular formula is C31H44N2O6. The molecule has 0 spiro atoms. The Morgan fingerprint density at radius 3 is 2.46 bits per heavy atom. The zero-order valence-electron chi connectivity index (χ0n) is 24.6. The van der Waals surface area contributed by atoms with E-state index in [0.29, 0.717) is 18.6 Å². The normalized spacial score (nSPS) is 11.3. The average Bonchev–Trinajstić information content (AvgIpc) is 3.21. The third-order valence-corrected chi connectivity index (χ3v) is 6.19. The highest BCUT2D eigenvalue weighted by Gasteiger charge is 2.19. The summed E-state index contributed by atoms with van der Waals surface area (Å²) in [6, 6.07) is 10.4. The van der Waals surface area contributed by atoms with Crippen molar-refractivity contribution in [3.63, 3.8) is 0 Å². The monoisotopic (exact) mass is 540 g/mol. The standard InChI is InChI=1S/C16H21NO6.C13H17N.C2H6/c1-4-11(18)14-12(19)9-13(23-15(14)20)10(2)7-5-6-8-17-16(21)22-3;1-4-5-11-6-7-13-12(9-11)8-10(2)14(13)3;1-2/h6,8-10,19H,4-5,7H2,1-3H3,(H,17,21);6-9H,4-5H2,1-3H3;1-2H3/b8-6+;;. The smallest absolute Gasteiger partial charge is 0.410 e. The third kappa shape index (κ3) is 9.78. The Kier molecular flexibility index (Phi) is 14.4. The van der Waals surface area contributed by atoms with E-state index in [0.717, 1.165) is 0 Å². The lowest BCUT2D eigenvalue weighted by Gasteiger charge is -2.10. The van der Waals surface area contributed by atoms with Crippen molar-refractivity contribution in [2.45, 2.75) is 79.6 Å². The summed E-state index contributed by atoms with van der Waals surface area (Å²) >= 11 is 0. The van der Waals surface area contributed by atoms with Crippen molar-refractivity contribution < 1.29 is 23.8 Å². The number of ether oxygens (including phenoxy) is 1. The number of nitrogens with one attached hydrogen (secondary N) is 1. The molecule has 214 valence electrons. The summed E-state index contributed by atoms with van der Waals surface area (Å²) in [5, 5.41) is 13.6. The number of aromatic hydroxyl groups is 1. The largest absolute Gasteiger partial charge is 0.507 e. The van der Waals surface area contributed by atoms with Gasteiger partial charge < -0.3 is 18.8 Å². The number of benzene rings is 1. The maximum absolute atomic E-state index is 11.8. The van der Waals surface area contributed by atoms with Crippen LogP contribution in [0.2, 0.25) is 0 Å². The molecule has 1 aromatic carbocycles. The summed E-state index contributed by atoms with van der Waals surface area (Å²) in [6.07, 6.45) is 6.41. The second-order valence-electron chi connectivity index (χ2n) is 8.98. The fraction of sp³-hybridized carbons (Fsp3) is 0.452. The number of allylic oxidation sites excluding steroid dienone is 1. The van der Waals surface area contributed by atoms with Crippen molar-refractivity contribution >= 4 is 22.8 Å². The van der Waals surface area contributed by atoms with Crippen molar-refractivity contribution in [2.24, 2.45) is 7.05 Å². The van der Waals surface area contributed by atoms with Crippen LogP contribution < -0.4 is 10.9 Å². The number of aryl methyl sites for hydroxylation is 3. The number of hydrogen-bond donors (Lipinski definition) is 2. The molecular weight excluding hydrogens is 496 g/mol. The molecule has 1 amide bonds. The van der Waals surface area contributed by atoms with Gasteiger partial charge >= 0.3 is 11.7 Å². The topological polar surface area (TPSA) is 111 Å². The van der Waals surface area contributed by atoms with Crippen LogP contribution in [-0.2, 0) is 18.2 Å². The predicted molar refractivity (Wildman–Crippen MR) is 157 cm³/mol. The molecule has 0 saturated heterocycles. The van der Waals surface area contributed by atoms with Gasteiger partial charge in [0.25, 0.3) is 0 Å². The lowest BCUT2D eigenvalue weighted by molar-refractivity contribution is 0.0980. The number of ketones is 1. The first kappa shape index (κ1) is 33.2. The van der Waals surface area contributed by atoms with Gasteiger partial charge in [-0.3, -0.25) is 10.1 Å². The van der Waals surface area contributed by atoms with Crippen molar-refractivity contribution in [1.29, 1.82) is 0 Å². The lowest BCUT2D eigenvalue weighted by Crippen LogP contribution is -2.16. The predicted octanol–water partition coefficient (Wildman–Crippen LogP) is 7.16. The minimum atomic E-state index is -0.818. The lowest BCUT2D eigenvalue weighted by atomic mass is 10.0. The van der Waals surface area contributed by atoms with Gasteiger partial charge in [-0.2, -0.15) is 0 Å². The second kappa shape index (κ2) is 16.9. The SMILES string of the molecule is CC.CCC(=O)c1c(O)cc(C(C)CC/C=C/NC(=O)OC)oc1=O.CCCc1ccc2c(c1)cc(C)n2C. The number of alkyl carbamates (subject to hydrolysis) is 1. The first-order chi connectivity index (χ1) is 18.6. The number of carbonyl (C=O) groups is 2. The van der Waals surface area contributed by atoms with E-state index in [1.165, 1.54) is 54.4 Å². The number of methoxy groups -OCH3 is 1. The highest BCUT2D eigenvalue weighted by Crippen LogP contribution is 2.25. The number of nitrogens with zero attached hydrogens (tertiary/aromatic N) is 1. The van der Waals surface area contributed by atoms with Crippen LogP contribution in [0.3, 0.4) is 0 Å². The molecule has 1 unspecified atom stereocenters. The summed E-state index contributed by atoms with van der Waals surface area (Å²) in [7, 11) is 3.39. The van der Waals surface area contributed by atoms with Gasteiger partial charge in [0.1, 0.15) is 17.1 Å². The molecule has 0 bridgehead atoms. The van der Waals surface area contributed by atoms with Crippen molar-refractivity contribution in [3.8, 4) is 5.75 Å². The van der Waals surface area contributed by atoms with Crippen LogP contribution in [0.4, 0.5) is 4.79 Å². The molecule has 8 nitrogen and oxygen atoms in total. The summed E-state index contributed by atoms with van der Waals surface area (Å²) < 4.78 is 11.8. The first-order valence-corrected chi connectivity index (χ1v) is 13.6. The summed E-state index contributed by atoms with van der Waals surface area (Å²) in [4.78, 5) is 34.2. The molecule has 0 aliphatic carbocycles. The van der Waals surface area contributed by atoms with Crippen molar-refractivity contribution in [2.75, 3.05) is 7.11 Å². The summed E-state index contributed by atoms with van der Waals surface area (Å²) in [5.74, 6) is -0.623. The molecule has 0 fully saturated rings. The van der Waals surface area contributed by atoms with E-state index in [9.17, 15) is 19.5 Å². The van der Waals surface area contributed by atoms with Gasteiger partial charge in [0.15, 0.2) is 5.78 Å². The average molecular weight is 541 g/mol. The number of fused-ring (bicyclic) bond motifs is 1. The molecule has 0 saturated carbocycles. The van der Waals surface area contributed by atoms with Gasteiger partial charge in [0, 0.05) is 48.2 Å². The fourth-order valence-corrected chi connectivity index (χ4v) is 3.91. The van der Waals surface area contributed by atoms with Crippen LogP contribution in [0.15, 0.2) is 51.8 Å². The summed E-state index contributed by atoms with van der Waals surface area (Å²) in [6.45, 7) is 11.8. The molecule has 3 aromatic rings. The number of Topliss-reactive ketones (excluding diaryl/α,β-unsaturated/α-hetero) is 1. The fourth-order valence-electron chi connectivity index (χ4n) is 3.91. The van der Waals surface area contributed by atoms with Crippen LogP contribution in [0.5, 0.6) is 5.75 Å². The van der Waals surface area contributed by atoms with E-state index < -0.39 is 17.5 Å². The van der Waals surface area contributed by atoms with E-state index in [4.69, 9.17) is 4.42 Å². The quantitative estimate of drug-likeness (QED) is 0.279. The minimum absolute atomic E-state index is 0.116. The molecule has 0 aliphatic rings. The van der Waals surface area contributed by atoms with Gasteiger partial charge in [-0.1, -0.05) is 53.2 Å². The van der Waals surface area contributed by atoms with Crippen LogP contribution >= 0.6 is 0 Å². The van der Waals surface area contributed by atoms with Crippen LogP contribution in [0.25, 0.3) is 10.9 Å². The van der Waals surface area contributed by atoms with E-state index >= 15 is 0 Å². The Balaban J connectivity index is 0.000000403. The van der Waals surface area contributed by atoms with Gasteiger partial charge in [-0.15, -0.1) is 0 Å². The van der Waals surface area contributed by atoms with Crippen LogP contribution in [0, 0.1) is 6.92 Å². The van der Waals surface area contributed by atoms with Gasteiger partial charge in [0.05, 0.1) is 7.11 Å². The Labute approximate surface area is 231 Å². The highest BCUT2D eigenvalue weighted by molar-refractivity contribution is 5.97. The van der Waals surface area contributed by atoms with Crippen LogP contribution in [0.1, 0.15) is 93.6 Å². The maximum atomic E-state index is 11.8. The molecule has 2 heterocycles. The highest BCUT2D eigenvalue weighted by atomic mass is 16.5. The molecule has 39 heavy (non-hydrogen) atoms. The van der Waals surface area contributed by atoms with Gasteiger partial charge in [-0.25, -0.2) is 9.59 Å². The number of amides is 1. The number of rotatable bonds is 9. The molecule has 8 heteroatoms. The van der Waals surface area contributed by atoms with Crippen molar-refractivity contribution in [3.05, 3.63) is 75.6 Å². The van der Waals surface area contributed by atoms with Gasteiger partial charge in [0.2, 0.25) is 0 Å².